The highest BCUT2D eigenvalue weighted by Crippen LogP contribution is 2.33. The van der Waals surface area contributed by atoms with Crippen LogP contribution in [0.4, 0.5) is 0 Å². The van der Waals surface area contributed by atoms with Gasteiger partial charge in [-0.15, -0.1) is 0 Å². The summed E-state index contributed by atoms with van der Waals surface area (Å²) < 4.78 is 5.49. The van der Waals surface area contributed by atoms with Crippen molar-refractivity contribution in [3.8, 4) is 23.0 Å². The lowest BCUT2D eigenvalue weighted by molar-refractivity contribution is -0.144. The number of nitrogens with one attached hydrogen (secondary N) is 2. The minimum atomic E-state index is -0.515. The molecule has 0 radical (unpaired) electrons. The van der Waals surface area contributed by atoms with Gasteiger partial charge in [-0.3, -0.25) is 14.4 Å². The number of carbonyl (C=O) groups excluding carboxylic acids is 3. The Morgan fingerprint density at radius 3 is 1.55 bits per heavy atom. The van der Waals surface area contributed by atoms with E-state index in [1.807, 2.05) is 94.4 Å². The van der Waals surface area contributed by atoms with E-state index >= 15 is 0 Å². The number of esters is 1. The van der Waals surface area contributed by atoms with E-state index in [2.05, 4.69) is 10.6 Å². The summed E-state index contributed by atoms with van der Waals surface area (Å²) in [7, 11) is 0. The van der Waals surface area contributed by atoms with Crippen molar-refractivity contribution in [2.45, 2.75) is 109 Å². The van der Waals surface area contributed by atoms with Crippen LogP contribution < -0.4 is 15.4 Å². The number of carbonyl (C=O) groups is 3. The van der Waals surface area contributed by atoms with Crippen LogP contribution in [0.5, 0.6) is 23.0 Å². The maximum absolute atomic E-state index is 12.1. The predicted molar refractivity (Wildman–Crippen MR) is 213 cm³/mol. The number of rotatable bonds is 11. The van der Waals surface area contributed by atoms with Crippen LogP contribution in [0.2, 0.25) is 0 Å². The molecule has 0 unspecified atom stereocenters. The molecule has 53 heavy (non-hydrogen) atoms. The number of aromatic hydroxyl groups is 3. The molecule has 0 heterocycles. The lowest BCUT2D eigenvalue weighted by Gasteiger charge is -2.21. The van der Waals surface area contributed by atoms with E-state index in [9.17, 15) is 24.6 Å². The van der Waals surface area contributed by atoms with Gasteiger partial charge in [0.25, 0.3) is 0 Å². The van der Waals surface area contributed by atoms with Crippen LogP contribution in [0.1, 0.15) is 104 Å². The highest BCUT2D eigenvalue weighted by molar-refractivity contribution is 5.94. The topological polar surface area (TPSA) is 145 Å². The zero-order valence-corrected chi connectivity index (χ0v) is 33.4. The molecule has 0 bridgehead atoms. The van der Waals surface area contributed by atoms with Gasteiger partial charge in [-0.2, -0.15) is 0 Å². The van der Waals surface area contributed by atoms with Gasteiger partial charge in [0.15, 0.2) is 0 Å². The summed E-state index contributed by atoms with van der Waals surface area (Å²) in [5.74, 6) is 1.11. The van der Waals surface area contributed by atoms with Gasteiger partial charge < -0.3 is 30.7 Å². The third kappa shape index (κ3) is 12.8. The Hall–Kier alpha value is -5.05. The molecule has 288 valence electrons. The molecule has 0 atom stereocenters. The fourth-order valence-electron chi connectivity index (χ4n) is 4.66. The second kappa shape index (κ2) is 19.1. The Kier molecular flexibility index (Phi) is 15.9. The SMILES string of the molecule is CCC(C)(C)C(=O)NCc1cc(C)c(O)c(C)c1.CCC(C)(C)C(=O)NCc1ccc(O)cc1.CCC(C)(C)C(=O)Oc1cccc2c(O)cccc12. The van der Waals surface area contributed by atoms with Crippen molar-refractivity contribution in [2.75, 3.05) is 0 Å². The van der Waals surface area contributed by atoms with E-state index in [-0.39, 0.29) is 40.1 Å². The van der Waals surface area contributed by atoms with Crippen LogP contribution in [-0.4, -0.2) is 33.1 Å². The molecule has 9 heteroatoms. The van der Waals surface area contributed by atoms with Gasteiger partial charge in [0.2, 0.25) is 11.8 Å². The normalized spacial score (nSPS) is 11.4. The van der Waals surface area contributed by atoms with E-state index in [0.29, 0.717) is 36.4 Å². The fraction of sp³-hybridized carbons (Fsp3) is 0.432. The second-order valence-corrected chi connectivity index (χ2v) is 15.3. The van der Waals surface area contributed by atoms with E-state index in [1.54, 1.807) is 54.6 Å². The summed E-state index contributed by atoms with van der Waals surface area (Å²) in [5.41, 5.74) is 2.51. The molecule has 0 saturated heterocycles. The first-order chi connectivity index (χ1) is 24.7. The first kappa shape index (κ1) is 44.1. The third-order valence-corrected chi connectivity index (χ3v) is 9.89. The fourth-order valence-corrected chi connectivity index (χ4v) is 4.66. The highest BCUT2D eigenvalue weighted by Gasteiger charge is 2.28. The second-order valence-electron chi connectivity index (χ2n) is 15.3. The molecule has 4 aromatic carbocycles. The molecule has 0 saturated carbocycles. The number of hydrogen-bond donors (Lipinski definition) is 5. The van der Waals surface area contributed by atoms with E-state index in [4.69, 9.17) is 9.84 Å². The predicted octanol–water partition coefficient (Wildman–Crippen LogP) is 9.39. The zero-order valence-electron chi connectivity index (χ0n) is 33.4. The summed E-state index contributed by atoms with van der Waals surface area (Å²) in [6.45, 7) is 22.2. The van der Waals surface area contributed by atoms with Gasteiger partial charge in [-0.05, 0) is 93.5 Å². The molecule has 0 fully saturated rings. The van der Waals surface area contributed by atoms with Gasteiger partial charge in [0, 0.05) is 34.7 Å². The number of ether oxygens (including phenoxy) is 1. The number of amides is 2. The molecule has 0 aliphatic rings. The van der Waals surface area contributed by atoms with E-state index in [1.165, 1.54) is 0 Å². The van der Waals surface area contributed by atoms with Crippen LogP contribution in [0.3, 0.4) is 0 Å². The van der Waals surface area contributed by atoms with Gasteiger partial charge in [-0.1, -0.05) is 97.0 Å². The minimum Gasteiger partial charge on any atom is -0.508 e. The summed E-state index contributed by atoms with van der Waals surface area (Å²) in [4.78, 5) is 35.8. The molecule has 4 aromatic rings. The Morgan fingerprint density at radius 1 is 0.604 bits per heavy atom. The monoisotopic (exact) mass is 728 g/mol. The minimum absolute atomic E-state index is 0.0584. The number of phenols is 3. The van der Waals surface area contributed by atoms with Crippen LogP contribution in [0.15, 0.2) is 72.8 Å². The number of fused-ring (bicyclic) bond motifs is 1. The van der Waals surface area contributed by atoms with Gasteiger partial charge in [-0.25, -0.2) is 0 Å². The van der Waals surface area contributed by atoms with Crippen molar-refractivity contribution in [3.05, 3.63) is 95.1 Å². The lowest BCUT2D eigenvalue weighted by atomic mass is 9.89. The molecular formula is C44H60N2O7. The molecular weight excluding hydrogens is 668 g/mol. The van der Waals surface area contributed by atoms with Gasteiger partial charge in [0.1, 0.15) is 23.0 Å². The summed E-state index contributed by atoms with van der Waals surface area (Å²) in [5, 5.41) is 35.9. The van der Waals surface area contributed by atoms with Crippen molar-refractivity contribution in [3.63, 3.8) is 0 Å². The average Bonchev–Trinajstić information content (AvgIpc) is 3.13. The molecule has 0 aliphatic carbocycles. The molecule has 0 aromatic heterocycles. The largest absolute Gasteiger partial charge is 0.508 e. The number of aryl methyl sites for hydroxylation is 2. The number of phenolic OH excluding ortho intramolecular Hbond substituents is 3. The van der Waals surface area contributed by atoms with Crippen LogP contribution >= 0.6 is 0 Å². The van der Waals surface area contributed by atoms with Gasteiger partial charge >= 0.3 is 5.97 Å². The number of hydrogen-bond acceptors (Lipinski definition) is 7. The molecule has 2 amide bonds. The molecule has 0 aliphatic heterocycles. The summed E-state index contributed by atoms with van der Waals surface area (Å²) in [6, 6.07) is 21.1. The third-order valence-electron chi connectivity index (χ3n) is 9.89. The van der Waals surface area contributed by atoms with Crippen molar-refractivity contribution >= 4 is 28.6 Å². The molecule has 4 rings (SSSR count). The molecule has 0 spiro atoms. The van der Waals surface area contributed by atoms with Crippen molar-refractivity contribution in [2.24, 2.45) is 16.2 Å². The van der Waals surface area contributed by atoms with Crippen molar-refractivity contribution in [1.82, 2.24) is 10.6 Å². The summed E-state index contributed by atoms with van der Waals surface area (Å²) in [6.07, 6.45) is 2.34. The smallest absolute Gasteiger partial charge is 0.316 e. The van der Waals surface area contributed by atoms with Crippen LogP contribution in [-0.2, 0) is 27.5 Å². The Morgan fingerprint density at radius 2 is 1.06 bits per heavy atom. The first-order valence-corrected chi connectivity index (χ1v) is 18.3. The standard InChI is InChI=1S/C16H18O3.C15H23NO2.C13H19NO2/c1-4-16(2,3)15(18)19-14-10-6-7-11-12(14)8-5-9-13(11)17;1-6-15(4,5)14(18)16-9-12-7-10(2)13(17)11(3)8-12;1-4-13(2,3)12(16)14-9-10-5-7-11(15)8-6-10/h5-10,17H,4H2,1-3H3;7-8,17H,6,9H2,1-5H3,(H,16,18);5-8,15H,4,9H2,1-3H3,(H,14,16). The van der Waals surface area contributed by atoms with E-state index in [0.717, 1.165) is 40.5 Å². The average molecular weight is 729 g/mol. The lowest BCUT2D eigenvalue weighted by Crippen LogP contribution is -2.36. The van der Waals surface area contributed by atoms with Crippen molar-refractivity contribution < 1.29 is 34.4 Å². The Balaban J connectivity index is 0.000000276. The maximum atomic E-state index is 12.1. The molecule has 9 nitrogen and oxygen atoms in total. The Labute approximate surface area is 315 Å². The van der Waals surface area contributed by atoms with E-state index < -0.39 is 5.41 Å². The quantitative estimate of drug-likeness (QED) is 0.0764. The van der Waals surface area contributed by atoms with Crippen LogP contribution in [0.25, 0.3) is 10.8 Å². The van der Waals surface area contributed by atoms with Crippen molar-refractivity contribution in [1.29, 1.82) is 0 Å². The summed E-state index contributed by atoms with van der Waals surface area (Å²) >= 11 is 0. The molecule has 5 N–H and O–H groups in total. The maximum Gasteiger partial charge on any atom is 0.316 e. The van der Waals surface area contributed by atoms with Crippen LogP contribution in [0, 0.1) is 30.1 Å². The van der Waals surface area contributed by atoms with Gasteiger partial charge in [0.05, 0.1) is 5.41 Å². The first-order valence-electron chi connectivity index (χ1n) is 18.3. The zero-order chi connectivity index (χ0) is 40.1. The number of benzene rings is 4. The Bertz CT molecular complexity index is 1820. The highest BCUT2D eigenvalue weighted by atomic mass is 16.5.